The van der Waals surface area contributed by atoms with Gasteiger partial charge in [-0.25, -0.2) is 0 Å². The number of halogens is 1. The van der Waals surface area contributed by atoms with Gasteiger partial charge >= 0.3 is 5.97 Å². The minimum absolute atomic E-state index is 0.0689. The van der Waals surface area contributed by atoms with Gasteiger partial charge in [-0.1, -0.05) is 11.6 Å². The van der Waals surface area contributed by atoms with Crippen LogP contribution in [0.5, 0.6) is 0 Å². The number of hydrogen-bond acceptors (Lipinski definition) is 2. The summed E-state index contributed by atoms with van der Waals surface area (Å²) in [7, 11) is 0. The molecule has 2 aromatic rings. The van der Waals surface area contributed by atoms with Gasteiger partial charge in [0, 0.05) is 10.4 Å². The Kier molecular flexibility index (Phi) is 2.60. The monoisotopic (exact) mass is 224 g/mol. The normalized spacial score (nSPS) is 10.7. The second-order valence-electron chi connectivity index (χ2n) is 3.21. The van der Waals surface area contributed by atoms with Gasteiger partial charge in [-0.05, 0) is 18.2 Å². The number of aryl methyl sites for hydroxylation is 1. The van der Waals surface area contributed by atoms with Crippen molar-refractivity contribution in [3.63, 3.8) is 0 Å². The van der Waals surface area contributed by atoms with Crippen molar-refractivity contribution in [2.24, 2.45) is 0 Å². The van der Waals surface area contributed by atoms with E-state index in [2.05, 4.69) is 5.10 Å². The van der Waals surface area contributed by atoms with E-state index in [9.17, 15) is 4.79 Å². The van der Waals surface area contributed by atoms with Crippen molar-refractivity contribution < 1.29 is 9.90 Å². The Morgan fingerprint density at radius 1 is 1.53 bits per heavy atom. The Morgan fingerprint density at radius 2 is 2.33 bits per heavy atom. The number of aliphatic carboxylic acids is 1. The molecule has 0 aliphatic carbocycles. The van der Waals surface area contributed by atoms with E-state index in [1.807, 2.05) is 6.07 Å². The molecule has 0 saturated heterocycles. The van der Waals surface area contributed by atoms with E-state index in [1.165, 1.54) is 0 Å². The molecule has 0 amide bonds. The van der Waals surface area contributed by atoms with Crippen LogP contribution >= 0.6 is 11.6 Å². The average Bonchev–Trinajstić information content (AvgIpc) is 2.57. The van der Waals surface area contributed by atoms with Crippen LogP contribution in [-0.4, -0.2) is 20.9 Å². The number of carbonyl (C=O) groups is 1. The summed E-state index contributed by atoms with van der Waals surface area (Å²) in [5.41, 5.74) is 0.903. The molecule has 0 atom stereocenters. The Hall–Kier alpha value is -1.55. The Labute approximate surface area is 91.1 Å². The highest BCUT2D eigenvalue weighted by Gasteiger charge is 2.04. The zero-order chi connectivity index (χ0) is 10.8. The van der Waals surface area contributed by atoms with E-state index in [0.29, 0.717) is 11.6 Å². The summed E-state index contributed by atoms with van der Waals surface area (Å²) in [6, 6.07) is 5.41. The van der Waals surface area contributed by atoms with Gasteiger partial charge in [-0.2, -0.15) is 5.10 Å². The molecule has 15 heavy (non-hydrogen) atoms. The first-order valence-electron chi connectivity index (χ1n) is 4.50. The highest BCUT2D eigenvalue weighted by molar-refractivity contribution is 6.31. The molecule has 1 aromatic heterocycles. The van der Waals surface area contributed by atoms with E-state index in [0.717, 1.165) is 10.9 Å². The first-order chi connectivity index (χ1) is 7.16. The average molecular weight is 225 g/mol. The quantitative estimate of drug-likeness (QED) is 0.869. The molecule has 78 valence electrons. The van der Waals surface area contributed by atoms with Gasteiger partial charge in [0.25, 0.3) is 0 Å². The summed E-state index contributed by atoms with van der Waals surface area (Å²) in [5.74, 6) is -0.826. The summed E-state index contributed by atoms with van der Waals surface area (Å²) < 4.78 is 1.67. The van der Waals surface area contributed by atoms with Crippen molar-refractivity contribution in [3.8, 4) is 0 Å². The number of nitrogens with zero attached hydrogens (tertiary/aromatic N) is 2. The number of hydrogen-bond donors (Lipinski definition) is 1. The molecule has 0 bridgehead atoms. The zero-order valence-electron chi connectivity index (χ0n) is 7.85. The lowest BCUT2D eigenvalue weighted by molar-refractivity contribution is -0.137. The molecule has 2 rings (SSSR count). The van der Waals surface area contributed by atoms with Gasteiger partial charge < -0.3 is 5.11 Å². The lowest BCUT2D eigenvalue weighted by Crippen LogP contribution is -2.05. The van der Waals surface area contributed by atoms with E-state index in [4.69, 9.17) is 16.7 Å². The van der Waals surface area contributed by atoms with Crippen molar-refractivity contribution >= 4 is 28.5 Å². The molecule has 0 radical (unpaired) electrons. The van der Waals surface area contributed by atoms with E-state index < -0.39 is 5.97 Å². The van der Waals surface area contributed by atoms with Crippen LogP contribution in [0.25, 0.3) is 10.9 Å². The molecule has 1 heterocycles. The van der Waals surface area contributed by atoms with E-state index >= 15 is 0 Å². The van der Waals surface area contributed by atoms with Gasteiger partial charge in [-0.3, -0.25) is 9.48 Å². The number of carboxylic acid groups (broad SMARTS) is 1. The maximum Gasteiger partial charge on any atom is 0.305 e. The summed E-state index contributed by atoms with van der Waals surface area (Å²) in [6.45, 7) is 0.375. The summed E-state index contributed by atoms with van der Waals surface area (Å²) >= 11 is 5.82. The molecule has 1 aromatic carbocycles. The predicted octanol–water partition coefficient (Wildman–Crippen LogP) is 2.16. The van der Waals surface area contributed by atoms with Crippen LogP contribution < -0.4 is 0 Å². The molecule has 0 aliphatic rings. The zero-order valence-corrected chi connectivity index (χ0v) is 8.61. The summed E-state index contributed by atoms with van der Waals surface area (Å²) in [5, 5.41) is 14.2. The molecular weight excluding hydrogens is 216 g/mol. The first-order valence-corrected chi connectivity index (χ1v) is 4.87. The van der Waals surface area contributed by atoms with Crippen molar-refractivity contribution in [2.45, 2.75) is 13.0 Å². The summed E-state index contributed by atoms with van der Waals surface area (Å²) in [6.07, 6.45) is 1.75. The third-order valence-electron chi connectivity index (χ3n) is 2.14. The third-order valence-corrected chi connectivity index (χ3v) is 2.38. The van der Waals surface area contributed by atoms with Gasteiger partial charge in [0.05, 0.1) is 24.7 Å². The van der Waals surface area contributed by atoms with Crippen LogP contribution in [0.1, 0.15) is 6.42 Å². The van der Waals surface area contributed by atoms with Gasteiger partial charge in [0.2, 0.25) is 0 Å². The minimum atomic E-state index is -0.826. The van der Waals surface area contributed by atoms with Gasteiger partial charge in [0.15, 0.2) is 0 Å². The number of fused-ring (bicyclic) bond motifs is 1. The van der Waals surface area contributed by atoms with Crippen LogP contribution in [0.3, 0.4) is 0 Å². The van der Waals surface area contributed by atoms with Crippen LogP contribution in [0.4, 0.5) is 0 Å². The summed E-state index contributed by atoms with van der Waals surface area (Å²) in [4.78, 5) is 10.4. The highest BCUT2D eigenvalue weighted by atomic mass is 35.5. The van der Waals surface area contributed by atoms with Crippen molar-refractivity contribution in [1.29, 1.82) is 0 Å². The van der Waals surface area contributed by atoms with Crippen molar-refractivity contribution in [3.05, 3.63) is 29.4 Å². The fourth-order valence-electron chi connectivity index (χ4n) is 1.44. The molecule has 0 spiro atoms. The fourth-order valence-corrected chi connectivity index (χ4v) is 1.62. The molecular formula is C10H9ClN2O2. The first kappa shape index (κ1) is 9.98. The molecule has 0 fully saturated rings. The largest absolute Gasteiger partial charge is 0.481 e. The topological polar surface area (TPSA) is 55.1 Å². The van der Waals surface area contributed by atoms with Gasteiger partial charge in [-0.15, -0.1) is 0 Å². The lowest BCUT2D eigenvalue weighted by Gasteiger charge is -2.00. The predicted molar refractivity (Wildman–Crippen MR) is 57.0 cm³/mol. The van der Waals surface area contributed by atoms with Crippen LogP contribution in [0.2, 0.25) is 5.02 Å². The number of aromatic nitrogens is 2. The standard InChI is InChI=1S/C10H9ClN2O2/c11-8-1-2-9-7(5-8)6-12-13(9)4-3-10(14)15/h1-2,5-6H,3-4H2,(H,14,15). The second-order valence-corrected chi connectivity index (χ2v) is 3.65. The lowest BCUT2D eigenvalue weighted by atomic mass is 10.2. The molecule has 4 nitrogen and oxygen atoms in total. The third kappa shape index (κ3) is 2.10. The Morgan fingerprint density at radius 3 is 3.07 bits per heavy atom. The number of carboxylic acids is 1. The second kappa shape index (κ2) is 3.90. The van der Waals surface area contributed by atoms with Crippen LogP contribution in [-0.2, 0) is 11.3 Å². The number of benzene rings is 1. The maximum atomic E-state index is 10.4. The smallest absolute Gasteiger partial charge is 0.305 e. The SMILES string of the molecule is O=C(O)CCn1ncc2cc(Cl)ccc21. The Bertz CT molecular complexity index is 507. The molecule has 0 unspecified atom stereocenters. The number of rotatable bonds is 3. The minimum Gasteiger partial charge on any atom is -0.481 e. The maximum absolute atomic E-state index is 10.4. The molecule has 0 saturated carbocycles. The van der Waals surface area contributed by atoms with Gasteiger partial charge in [0.1, 0.15) is 0 Å². The molecule has 5 heteroatoms. The fraction of sp³-hybridized carbons (Fsp3) is 0.200. The van der Waals surface area contributed by atoms with E-state index in [1.54, 1.807) is 23.0 Å². The molecule has 0 aliphatic heterocycles. The molecule has 1 N–H and O–H groups in total. The van der Waals surface area contributed by atoms with Crippen LogP contribution in [0.15, 0.2) is 24.4 Å². The Balaban J connectivity index is 2.32. The van der Waals surface area contributed by atoms with Crippen LogP contribution in [0, 0.1) is 0 Å². The van der Waals surface area contributed by atoms with Crippen molar-refractivity contribution in [1.82, 2.24) is 9.78 Å². The van der Waals surface area contributed by atoms with Crippen molar-refractivity contribution in [2.75, 3.05) is 0 Å². The highest BCUT2D eigenvalue weighted by Crippen LogP contribution is 2.18. The van der Waals surface area contributed by atoms with E-state index in [-0.39, 0.29) is 6.42 Å².